The van der Waals surface area contributed by atoms with Crippen molar-refractivity contribution in [3.8, 4) is 10.7 Å². The number of nitrogens with zero attached hydrogens (tertiary/aromatic N) is 4. The molecule has 4 rings (SSSR count). The molecular formula is C21H21FN4O3S2. The number of sulfonamides is 1. The van der Waals surface area contributed by atoms with Gasteiger partial charge in [-0.2, -0.15) is 4.31 Å². The number of carbonyl (C=O) groups excluding carboxylic acids is 1. The highest BCUT2D eigenvalue weighted by atomic mass is 32.2. The highest BCUT2D eigenvalue weighted by Gasteiger charge is 2.28. The minimum absolute atomic E-state index is 0.0539. The molecule has 1 amide bonds. The number of halogens is 1. The van der Waals surface area contributed by atoms with E-state index < -0.39 is 15.8 Å². The van der Waals surface area contributed by atoms with Crippen molar-refractivity contribution in [3.05, 3.63) is 65.6 Å². The average Bonchev–Trinajstić information content (AvgIpc) is 3.08. The molecule has 1 aromatic carbocycles. The Hall–Kier alpha value is -2.69. The van der Waals surface area contributed by atoms with Gasteiger partial charge in [0.05, 0.1) is 22.7 Å². The maximum atomic E-state index is 13.1. The molecule has 31 heavy (non-hydrogen) atoms. The van der Waals surface area contributed by atoms with Crippen molar-refractivity contribution in [2.45, 2.75) is 17.7 Å². The summed E-state index contributed by atoms with van der Waals surface area (Å²) in [5.41, 5.74) is 1.44. The Morgan fingerprint density at radius 3 is 2.61 bits per heavy atom. The van der Waals surface area contributed by atoms with E-state index in [-0.39, 0.29) is 23.8 Å². The lowest BCUT2D eigenvalue weighted by molar-refractivity contribution is -0.130. The lowest BCUT2D eigenvalue weighted by Gasteiger charge is -2.22. The van der Waals surface area contributed by atoms with Gasteiger partial charge in [0, 0.05) is 37.8 Å². The summed E-state index contributed by atoms with van der Waals surface area (Å²) >= 11 is 1.44. The van der Waals surface area contributed by atoms with Gasteiger partial charge in [0.15, 0.2) is 0 Å². The topological polar surface area (TPSA) is 83.5 Å². The van der Waals surface area contributed by atoms with Gasteiger partial charge in [-0.25, -0.2) is 17.8 Å². The molecule has 0 aliphatic carbocycles. The molecule has 3 aromatic rings. The molecule has 0 saturated carbocycles. The third-order valence-electron chi connectivity index (χ3n) is 5.03. The standard InChI is InChI=1S/C21H21FN4O3S2/c22-16-5-7-18(8-6-16)31(28,29)26-11-3-10-25(12-13-26)20(27)14-17-15-30-21(24-17)19-4-1-2-9-23-19/h1-2,4-9,15H,3,10-14H2. The van der Waals surface area contributed by atoms with Crippen molar-refractivity contribution >= 4 is 27.3 Å². The summed E-state index contributed by atoms with van der Waals surface area (Å²) in [5, 5.41) is 2.61. The molecule has 2 aromatic heterocycles. The van der Waals surface area contributed by atoms with Crippen LogP contribution in [-0.4, -0.2) is 59.7 Å². The maximum Gasteiger partial charge on any atom is 0.243 e. The Balaban J connectivity index is 1.39. The number of hydrogen-bond donors (Lipinski definition) is 0. The van der Waals surface area contributed by atoms with Crippen LogP contribution in [0.1, 0.15) is 12.1 Å². The molecule has 1 saturated heterocycles. The molecule has 1 aliphatic rings. The molecule has 7 nitrogen and oxygen atoms in total. The molecule has 0 radical (unpaired) electrons. The van der Waals surface area contributed by atoms with Gasteiger partial charge in [-0.05, 0) is 42.8 Å². The molecule has 0 unspecified atom stereocenters. The smallest absolute Gasteiger partial charge is 0.243 e. The zero-order valence-electron chi connectivity index (χ0n) is 16.6. The van der Waals surface area contributed by atoms with Gasteiger partial charge >= 0.3 is 0 Å². The van der Waals surface area contributed by atoms with Crippen molar-refractivity contribution in [2.75, 3.05) is 26.2 Å². The van der Waals surface area contributed by atoms with Crippen molar-refractivity contribution in [3.63, 3.8) is 0 Å². The van der Waals surface area contributed by atoms with Gasteiger partial charge in [0.1, 0.15) is 10.8 Å². The van der Waals surface area contributed by atoms with E-state index in [0.29, 0.717) is 31.7 Å². The highest BCUT2D eigenvalue weighted by molar-refractivity contribution is 7.89. The van der Waals surface area contributed by atoms with Crippen LogP contribution in [0.25, 0.3) is 10.7 Å². The monoisotopic (exact) mass is 460 g/mol. The van der Waals surface area contributed by atoms with Crippen molar-refractivity contribution < 1.29 is 17.6 Å². The summed E-state index contributed by atoms with van der Waals surface area (Å²) in [4.78, 5) is 23.3. The predicted octanol–water partition coefficient (Wildman–Crippen LogP) is 2.81. The number of thiazole rings is 1. The Kier molecular flexibility index (Phi) is 6.40. The van der Waals surface area contributed by atoms with E-state index >= 15 is 0 Å². The lowest BCUT2D eigenvalue weighted by Crippen LogP contribution is -2.38. The van der Waals surface area contributed by atoms with E-state index in [9.17, 15) is 17.6 Å². The summed E-state index contributed by atoms with van der Waals surface area (Å²) in [7, 11) is -3.73. The van der Waals surface area contributed by atoms with Crippen LogP contribution < -0.4 is 0 Å². The summed E-state index contributed by atoms with van der Waals surface area (Å²) in [6, 6.07) is 10.4. The van der Waals surface area contributed by atoms with E-state index in [2.05, 4.69) is 9.97 Å². The summed E-state index contributed by atoms with van der Waals surface area (Å²) in [6.07, 6.45) is 2.39. The second-order valence-corrected chi connectivity index (χ2v) is 9.92. The minimum Gasteiger partial charge on any atom is -0.341 e. The number of hydrogen-bond acceptors (Lipinski definition) is 6. The van der Waals surface area contributed by atoms with Gasteiger partial charge in [-0.15, -0.1) is 11.3 Å². The largest absolute Gasteiger partial charge is 0.341 e. The molecule has 0 spiro atoms. The van der Waals surface area contributed by atoms with Crippen molar-refractivity contribution in [1.82, 2.24) is 19.2 Å². The summed E-state index contributed by atoms with van der Waals surface area (Å²) in [5.74, 6) is -0.571. The predicted molar refractivity (Wildman–Crippen MR) is 115 cm³/mol. The van der Waals surface area contributed by atoms with Gasteiger partial charge in [0.25, 0.3) is 0 Å². The van der Waals surface area contributed by atoms with Crippen molar-refractivity contribution in [1.29, 1.82) is 0 Å². The zero-order chi connectivity index (χ0) is 21.8. The number of carbonyl (C=O) groups is 1. The van der Waals surface area contributed by atoms with Gasteiger partial charge in [-0.1, -0.05) is 6.07 Å². The Morgan fingerprint density at radius 1 is 1.06 bits per heavy atom. The van der Waals surface area contributed by atoms with E-state index in [1.807, 2.05) is 23.6 Å². The van der Waals surface area contributed by atoms with Gasteiger partial charge in [-0.3, -0.25) is 9.78 Å². The molecule has 0 N–H and O–H groups in total. The third-order valence-corrected chi connectivity index (χ3v) is 7.85. The van der Waals surface area contributed by atoms with Gasteiger partial charge < -0.3 is 4.90 Å². The van der Waals surface area contributed by atoms with Crippen LogP contribution in [0, 0.1) is 5.82 Å². The second kappa shape index (κ2) is 9.21. The van der Waals surface area contributed by atoms with Crippen LogP contribution in [0.3, 0.4) is 0 Å². The fraction of sp³-hybridized carbons (Fsp3) is 0.286. The van der Waals surface area contributed by atoms with Crippen LogP contribution in [0.4, 0.5) is 4.39 Å². The van der Waals surface area contributed by atoms with Crippen molar-refractivity contribution in [2.24, 2.45) is 0 Å². The quantitative estimate of drug-likeness (QED) is 0.585. The average molecular weight is 461 g/mol. The molecule has 0 bridgehead atoms. The second-order valence-electron chi connectivity index (χ2n) is 7.13. The first-order valence-electron chi connectivity index (χ1n) is 9.83. The SMILES string of the molecule is O=C(Cc1csc(-c2ccccn2)n1)N1CCCN(S(=O)(=O)c2ccc(F)cc2)CC1. The fourth-order valence-electron chi connectivity index (χ4n) is 3.40. The minimum atomic E-state index is -3.73. The maximum absolute atomic E-state index is 13.1. The number of pyridine rings is 1. The van der Waals surface area contributed by atoms with E-state index in [1.165, 1.54) is 27.8 Å². The van der Waals surface area contributed by atoms with Crippen LogP contribution in [0.5, 0.6) is 0 Å². The number of rotatable bonds is 5. The Morgan fingerprint density at radius 2 is 1.87 bits per heavy atom. The number of aromatic nitrogens is 2. The molecule has 162 valence electrons. The molecular weight excluding hydrogens is 439 g/mol. The Labute approximate surface area is 184 Å². The van der Waals surface area contributed by atoms with Crippen LogP contribution in [-0.2, 0) is 21.2 Å². The highest BCUT2D eigenvalue weighted by Crippen LogP contribution is 2.22. The van der Waals surface area contributed by atoms with Crippen LogP contribution >= 0.6 is 11.3 Å². The normalized spacial score (nSPS) is 15.6. The number of benzene rings is 1. The zero-order valence-corrected chi connectivity index (χ0v) is 18.3. The lowest BCUT2D eigenvalue weighted by atomic mass is 10.3. The van der Waals surface area contributed by atoms with E-state index in [0.717, 1.165) is 22.8 Å². The molecule has 1 fully saturated rings. The molecule has 1 aliphatic heterocycles. The first-order valence-corrected chi connectivity index (χ1v) is 12.1. The van der Waals surface area contributed by atoms with E-state index in [1.54, 1.807) is 11.1 Å². The molecule has 0 atom stereocenters. The van der Waals surface area contributed by atoms with Crippen LogP contribution in [0.2, 0.25) is 0 Å². The first kappa shape index (κ1) is 21.5. The van der Waals surface area contributed by atoms with E-state index in [4.69, 9.17) is 0 Å². The summed E-state index contributed by atoms with van der Waals surface area (Å²) in [6.45, 7) is 1.29. The molecule has 3 heterocycles. The molecule has 10 heteroatoms. The Bertz CT molecular complexity index is 1150. The van der Waals surface area contributed by atoms with Gasteiger partial charge in [0.2, 0.25) is 15.9 Å². The third kappa shape index (κ3) is 4.97. The fourth-order valence-corrected chi connectivity index (χ4v) is 5.67. The summed E-state index contributed by atoms with van der Waals surface area (Å²) < 4.78 is 40.2. The number of amides is 1. The van der Waals surface area contributed by atoms with Crippen LogP contribution in [0.15, 0.2) is 58.9 Å². The first-order chi connectivity index (χ1) is 14.9.